The Morgan fingerprint density at radius 2 is 1.00 bits per heavy atom. The third-order valence-electron chi connectivity index (χ3n) is 6.03. The molecule has 0 radical (unpaired) electrons. The first kappa shape index (κ1) is 19.3. The summed E-state index contributed by atoms with van der Waals surface area (Å²) in [6, 6.07) is 0. The Morgan fingerprint density at radius 1 is 0.714 bits per heavy atom. The minimum absolute atomic E-state index is 0.425. The normalized spacial score (nSPS) is 19.0. The van der Waals surface area contributed by atoms with Gasteiger partial charge < -0.3 is 0 Å². The number of hydrogen-bond donors (Lipinski definition) is 0. The van der Waals surface area contributed by atoms with E-state index in [0.717, 1.165) is 0 Å². The third kappa shape index (κ3) is 3.97. The summed E-state index contributed by atoms with van der Waals surface area (Å²) in [6.45, 7) is 24.8. The summed E-state index contributed by atoms with van der Waals surface area (Å²) in [7, 11) is -2.82. The number of rotatable bonds is 2. The molecule has 0 aromatic heterocycles. The summed E-state index contributed by atoms with van der Waals surface area (Å²) in [4.78, 5) is 0. The van der Waals surface area contributed by atoms with Crippen LogP contribution in [-0.2, 0) is 0 Å². The van der Waals surface area contributed by atoms with Gasteiger partial charge in [-0.2, -0.15) is 0 Å². The van der Waals surface area contributed by atoms with Crippen LogP contribution in [0.4, 0.5) is 0 Å². The van der Waals surface area contributed by atoms with E-state index in [1.165, 1.54) is 12.8 Å². The van der Waals surface area contributed by atoms with Gasteiger partial charge in [0.25, 0.3) is 0 Å². The molecule has 0 unspecified atom stereocenters. The summed E-state index contributed by atoms with van der Waals surface area (Å²) >= 11 is 2.17. The van der Waals surface area contributed by atoms with Crippen molar-refractivity contribution in [2.45, 2.75) is 90.6 Å². The lowest BCUT2D eigenvalue weighted by Gasteiger charge is -2.42. The Morgan fingerprint density at radius 3 is 1.24 bits per heavy atom. The molecule has 1 aliphatic rings. The quantitative estimate of drug-likeness (QED) is 0.472. The molecule has 1 rings (SSSR count). The van der Waals surface area contributed by atoms with Crippen LogP contribution in [0, 0.1) is 0 Å². The van der Waals surface area contributed by atoms with Crippen molar-refractivity contribution in [1.82, 2.24) is 0 Å². The van der Waals surface area contributed by atoms with Crippen LogP contribution < -0.4 is 0 Å². The Bertz CT molecular complexity index is 401. The zero-order chi connectivity index (χ0) is 16.7. The smallest absolute Gasteiger partial charge is 0.0940 e. The molecule has 0 aliphatic carbocycles. The molecular formula is C18H36SSi2. The largest absolute Gasteiger partial charge is 0.109 e. The average Bonchev–Trinajstić information content (AvgIpc) is 2.51. The van der Waals surface area contributed by atoms with Crippen molar-refractivity contribution in [1.29, 1.82) is 0 Å². The molecule has 0 amide bonds. The molecule has 1 aliphatic heterocycles. The van der Waals surface area contributed by atoms with E-state index in [2.05, 4.69) is 91.6 Å². The summed E-state index contributed by atoms with van der Waals surface area (Å²) in [5.74, 6) is 0. The van der Waals surface area contributed by atoms with E-state index in [4.69, 9.17) is 0 Å². The first-order chi connectivity index (χ1) is 9.21. The Kier molecular flexibility index (Phi) is 5.56. The standard InChI is InChI=1S/C18H36SSi2/c1-17(2,3)20(7,8)15-13-11-12-14-16(19-15)21(9,10)18(4,5)6/h13-14H,11-12H2,1-10H3. The zero-order valence-electron chi connectivity index (χ0n) is 16.0. The van der Waals surface area contributed by atoms with Crippen LogP contribution in [0.3, 0.4) is 0 Å². The van der Waals surface area contributed by atoms with E-state index >= 15 is 0 Å². The summed E-state index contributed by atoms with van der Waals surface area (Å²) in [6.07, 6.45) is 7.59. The van der Waals surface area contributed by atoms with Crippen molar-refractivity contribution >= 4 is 27.9 Å². The van der Waals surface area contributed by atoms with Gasteiger partial charge >= 0.3 is 0 Å². The predicted octanol–water partition coefficient (Wildman–Crippen LogP) is 7.38. The molecular weight excluding hydrogens is 304 g/mol. The summed E-state index contributed by atoms with van der Waals surface area (Å²) < 4.78 is 3.45. The minimum atomic E-state index is -1.41. The maximum absolute atomic E-state index is 2.57. The van der Waals surface area contributed by atoms with Gasteiger partial charge in [-0.1, -0.05) is 79.9 Å². The number of thioether (sulfide) groups is 1. The second-order valence-corrected chi connectivity index (χ2v) is 22.0. The highest BCUT2D eigenvalue weighted by atomic mass is 32.2. The molecule has 0 spiro atoms. The average molecular weight is 341 g/mol. The maximum atomic E-state index is 2.57. The number of hydrogen-bond acceptors (Lipinski definition) is 1. The van der Waals surface area contributed by atoms with Gasteiger partial charge in [-0.3, -0.25) is 0 Å². The first-order valence-electron chi connectivity index (χ1n) is 8.30. The van der Waals surface area contributed by atoms with Crippen LogP contribution in [-0.4, -0.2) is 16.1 Å². The van der Waals surface area contributed by atoms with Gasteiger partial charge in [0.2, 0.25) is 0 Å². The lowest BCUT2D eigenvalue weighted by molar-refractivity contribution is 0.727. The highest BCUT2D eigenvalue weighted by molar-refractivity contribution is 8.10. The monoisotopic (exact) mass is 340 g/mol. The van der Waals surface area contributed by atoms with Crippen LogP contribution in [0.1, 0.15) is 54.4 Å². The minimum Gasteiger partial charge on any atom is -0.109 e. The van der Waals surface area contributed by atoms with E-state index in [-0.39, 0.29) is 0 Å². The molecule has 0 aromatic rings. The van der Waals surface area contributed by atoms with Gasteiger partial charge in [-0.05, 0) is 32.0 Å². The van der Waals surface area contributed by atoms with Crippen molar-refractivity contribution in [3.05, 3.63) is 21.2 Å². The lowest BCUT2D eigenvalue weighted by atomic mass is 10.2. The second-order valence-electron chi connectivity index (χ2n) is 9.57. The van der Waals surface area contributed by atoms with E-state index < -0.39 is 16.1 Å². The summed E-state index contributed by atoms with van der Waals surface area (Å²) in [5, 5.41) is 0.851. The lowest BCUT2D eigenvalue weighted by Crippen LogP contribution is -2.41. The van der Waals surface area contributed by atoms with E-state index in [1.54, 1.807) is 9.06 Å². The number of allylic oxidation sites excluding steroid dienone is 2. The Labute approximate surface area is 139 Å². The molecule has 21 heavy (non-hydrogen) atoms. The van der Waals surface area contributed by atoms with E-state index in [0.29, 0.717) is 10.1 Å². The molecule has 0 saturated heterocycles. The highest BCUT2D eigenvalue weighted by Gasteiger charge is 2.43. The fourth-order valence-corrected chi connectivity index (χ4v) is 10.4. The van der Waals surface area contributed by atoms with Gasteiger partial charge in [-0.25, -0.2) is 0 Å². The SMILES string of the molecule is CC(C)(C)[Si](C)(C)C1=CCCC=C([Si](C)(C)C(C)(C)C)S1. The molecule has 0 atom stereocenters. The highest BCUT2D eigenvalue weighted by Crippen LogP contribution is 2.52. The van der Waals surface area contributed by atoms with Crippen LogP contribution in [0.5, 0.6) is 0 Å². The molecule has 1 heterocycles. The van der Waals surface area contributed by atoms with Crippen LogP contribution >= 0.6 is 11.8 Å². The molecule has 122 valence electrons. The van der Waals surface area contributed by atoms with E-state index in [1.807, 2.05) is 0 Å². The Hall–Kier alpha value is 0.264. The third-order valence-corrected chi connectivity index (χ3v) is 20.8. The van der Waals surface area contributed by atoms with Crippen molar-refractivity contribution < 1.29 is 0 Å². The maximum Gasteiger partial charge on any atom is 0.0940 e. The molecule has 0 N–H and O–H groups in total. The van der Waals surface area contributed by atoms with Gasteiger partial charge in [0, 0.05) is 0 Å². The fourth-order valence-electron chi connectivity index (χ4n) is 2.14. The van der Waals surface area contributed by atoms with Crippen LogP contribution in [0.15, 0.2) is 21.2 Å². The molecule has 0 aromatic carbocycles. The van der Waals surface area contributed by atoms with E-state index in [9.17, 15) is 0 Å². The van der Waals surface area contributed by atoms with Crippen molar-refractivity contribution in [2.24, 2.45) is 0 Å². The molecule has 0 bridgehead atoms. The molecule has 3 heteroatoms. The van der Waals surface area contributed by atoms with Gasteiger partial charge in [-0.15, -0.1) is 11.8 Å². The topological polar surface area (TPSA) is 0 Å². The van der Waals surface area contributed by atoms with Crippen molar-refractivity contribution in [3.63, 3.8) is 0 Å². The van der Waals surface area contributed by atoms with Gasteiger partial charge in [0.1, 0.15) is 0 Å². The first-order valence-corrected chi connectivity index (χ1v) is 15.1. The Balaban J connectivity index is 3.17. The van der Waals surface area contributed by atoms with Crippen LogP contribution in [0.25, 0.3) is 0 Å². The summed E-state index contributed by atoms with van der Waals surface area (Å²) in [5.41, 5.74) is 0. The van der Waals surface area contributed by atoms with Crippen molar-refractivity contribution in [3.8, 4) is 0 Å². The zero-order valence-corrected chi connectivity index (χ0v) is 18.8. The molecule has 0 saturated carbocycles. The fraction of sp³-hybridized carbons (Fsp3) is 0.778. The van der Waals surface area contributed by atoms with Gasteiger partial charge in [0.05, 0.1) is 16.1 Å². The van der Waals surface area contributed by atoms with Crippen molar-refractivity contribution in [2.75, 3.05) is 0 Å². The van der Waals surface area contributed by atoms with Gasteiger partial charge in [0.15, 0.2) is 0 Å². The second kappa shape index (κ2) is 6.05. The predicted molar refractivity (Wildman–Crippen MR) is 107 cm³/mol. The molecule has 0 nitrogen and oxygen atoms in total. The molecule has 0 fully saturated rings. The van der Waals surface area contributed by atoms with Crippen LogP contribution in [0.2, 0.25) is 36.3 Å².